The van der Waals surface area contributed by atoms with Crippen molar-refractivity contribution in [2.45, 2.75) is 25.2 Å². The van der Waals surface area contributed by atoms with E-state index in [1.165, 1.54) is 4.31 Å². The van der Waals surface area contributed by atoms with Gasteiger partial charge in [0.05, 0.1) is 10.6 Å². The molecule has 10 heteroatoms. The molecule has 27 heavy (non-hydrogen) atoms. The van der Waals surface area contributed by atoms with Crippen LogP contribution in [-0.2, 0) is 10.0 Å². The molecule has 0 bridgehead atoms. The van der Waals surface area contributed by atoms with Crippen molar-refractivity contribution < 1.29 is 17.7 Å². The van der Waals surface area contributed by atoms with Crippen molar-refractivity contribution in [2.24, 2.45) is 0 Å². The topological polar surface area (TPSA) is 83.7 Å². The van der Waals surface area contributed by atoms with E-state index in [0.717, 1.165) is 4.47 Å². The van der Waals surface area contributed by atoms with Crippen molar-refractivity contribution >= 4 is 43.5 Å². The lowest BCUT2D eigenvalue weighted by molar-refractivity contribution is 0.0764. The van der Waals surface area contributed by atoms with Gasteiger partial charge in [0.1, 0.15) is 10.6 Å². The summed E-state index contributed by atoms with van der Waals surface area (Å²) in [6, 6.07) is 5.10. The molecule has 1 aliphatic rings. The van der Waals surface area contributed by atoms with E-state index in [1.807, 2.05) is 0 Å². The summed E-state index contributed by atoms with van der Waals surface area (Å²) in [6.45, 7) is 4.44. The van der Waals surface area contributed by atoms with Crippen LogP contribution in [0.25, 0.3) is 0 Å². The molecule has 0 radical (unpaired) electrons. The van der Waals surface area contributed by atoms with E-state index >= 15 is 0 Å². The molecule has 0 N–H and O–H groups in total. The molecule has 7 nitrogen and oxygen atoms in total. The van der Waals surface area contributed by atoms with Gasteiger partial charge in [0.15, 0.2) is 5.76 Å². The maximum Gasteiger partial charge on any atom is 0.255 e. The summed E-state index contributed by atoms with van der Waals surface area (Å²) in [7, 11) is -3.73. The van der Waals surface area contributed by atoms with Crippen LogP contribution in [0, 0.1) is 13.8 Å². The van der Waals surface area contributed by atoms with E-state index in [9.17, 15) is 13.2 Å². The van der Waals surface area contributed by atoms with Gasteiger partial charge in [-0.25, -0.2) is 8.42 Å². The molecule has 1 aromatic heterocycles. The summed E-state index contributed by atoms with van der Waals surface area (Å²) >= 11 is 9.51. The van der Waals surface area contributed by atoms with Crippen LogP contribution in [-0.4, -0.2) is 54.9 Å². The molecular weight excluding hydrogens is 458 g/mol. The first-order valence-corrected chi connectivity index (χ1v) is 11.0. The molecule has 0 spiro atoms. The van der Waals surface area contributed by atoms with Crippen LogP contribution in [0.2, 0.25) is 5.02 Å². The number of hydrogen-bond acceptors (Lipinski definition) is 5. The van der Waals surface area contributed by atoms with Crippen molar-refractivity contribution in [1.82, 2.24) is 14.4 Å². The number of sulfonamides is 1. The van der Waals surface area contributed by atoms with Gasteiger partial charge in [-0.15, -0.1) is 0 Å². The highest BCUT2D eigenvalue weighted by molar-refractivity contribution is 9.10. The van der Waals surface area contributed by atoms with Crippen molar-refractivity contribution in [1.29, 1.82) is 0 Å². The first-order chi connectivity index (χ1) is 12.7. The number of hydrogen-bond donors (Lipinski definition) is 0. The second-order valence-electron chi connectivity index (χ2n) is 6.33. The number of carbonyl (C=O) groups excluding carboxylic acids is 1. The Kier molecular flexibility index (Phi) is 5.95. The maximum atomic E-state index is 13.0. The average molecular weight is 477 g/mol. The summed E-state index contributed by atoms with van der Waals surface area (Å²) in [5.41, 5.74) is 0.735. The Morgan fingerprint density at radius 3 is 2.63 bits per heavy atom. The molecule has 2 heterocycles. The standard InChI is InChI=1S/C17H19BrClN3O4S/c1-11-16(12(2)26-20-11)27(24,25)22-7-3-6-21(8-9-22)17(23)14-10-13(18)4-5-15(14)19/h4-5,10H,3,6-9H2,1-2H3. The Hall–Kier alpha value is -1.42. The summed E-state index contributed by atoms with van der Waals surface area (Å²) in [6.07, 6.45) is 0.528. The highest BCUT2D eigenvalue weighted by Crippen LogP contribution is 2.26. The lowest BCUT2D eigenvalue weighted by Crippen LogP contribution is -2.37. The van der Waals surface area contributed by atoms with E-state index in [1.54, 1.807) is 36.9 Å². The van der Waals surface area contributed by atoms with E-state index < -0.39 is 10.0 Å². The largest absolute Gasteiger partial charge is 0.360 e. The molecule has 2 aromatic rings. The fraction of sp³-hybridized carbons (Fsp3) is 0.412. The lowest BCUT2D eigenvalue weighted by Gasteiger charge is -2.22. The summed E-state index contributed by atoms with van der Waals surface area (Å²) in [5, 5.41) is 4.11. The number of benzene rings is 1. The van der Waals surface area contributed by atoms with Gasteiger partial charge >= 0.3 is 0 Å². The van der Waals surface area contributed by atoms with Gasteiger partial charge in [-0.1, -0.05) is 32.7 Å². The minimum atomic E-state index is -3.73. The van der Waals surface area contributed by atoms with Gasteiger partial charge < -0.3 is 9.42 Å². The molecule has 0 aliphatic carbocycles. The van der Waals surface area contributed by atoms with Gasteiger partial charge in [0.2, 0.25) is 10.0 Å². The van der Waals surface area contributed by atoms with Gasteiger partial charge in [0.25, 0.3) is 5.91 Å². The van der Waals surface area contributed by atoms with E-state index in [2.05, 4.69) is 21.1 Å². The van der Waals surface area contributed by atoms with Crippen LogP contribution in [0.15, 0.2) is 32.1 Å². The molecule has 1 amide bonds. The second-order valence-corrected chi connectivity index (χ2v) is 9.52. The van der Waals surface area contributed by atoms with Crippen LogP contribution in [0.5, 0.6) is 0 Å². The van der Waals surface area contributed by atoms with Gasteiger partial charge in [-0.05, 0) is 38.5 Å². The predicted octanol–water partition coefficient (Wildman–Crippen LogP) is 3.24. The third-order valence-corrected chi connectivity index (χ3v) is 7.43. The molecule has 1 aromatic carbocycles. The lowest BCUT2D eigenvalue weighted by atomic mass is 10.2. The zero-order valence-corrected chi connectivity index (χ0v) is 18.1. The minimum absolute atomic E-state index is 0.109. The fourth-order valence-electron chi connectivity index (χ4n) is 3.14. The molecule has 0 unspecified atom stereocenters. The minimum Gasteiger partial charge on any atom is -0.360 e. The Bertz CT molecular complexity index is 957. The third-order valence-electron chi connectivity index (χ3n) is 4.47. The van der Waals surface area contributed by atoms with E-state index in [0.29, 0.717) is 35.8 Å². The SMILES string of the molecule is Cc1noc(C)c1S(=O)(=O)N1CCCN(C(=O)c2cc(Br)ccc2Cl)CC1. The maximum absolute atomic E-state index is 13.0. The van der Waals surface area contributed by atoms with E-state index in [4.69, 9.17) is 16.1 Å². The van der Waals surface area contributed by atoms with Crippen LogP contribution < -0.4 is 0 Å². The summed E-state index contributed by atoms with van der Waals surface area (Å²) in [5.74, 6) is 0.0588. The van der Waals surface area contributed by atoms with Gasteiger partial charge in [-0.3, -0.25) is 4.79 Å². The number of rotatable bonds is 3. The Labute approximate surface area is 171 Å². The van der Waals surface area contributed by atoms with Crippen LogP contribution >= 0.6 is 27.5 Å². The number of halogens is 2. The van der Waals surface area contributed by atoms with Crippen LogP contribution in [0.1, 0.15) is 28.2 Å². The normalized spacial score (nSPS) is 16.4. The highest BCUT2D eigenvalue weighted by atomic mass is 79.9. The molecule has 146 valence electrons. The molecule has 0 atom stereocenters. The summed E-state index contributed by atoms with van der Waals surface area (Å²) < 4.78 is 33.1. The molecule has 1 aliphatic heterocycles. The number of aromatic nitrogens is 1. The average Bonchev–Trinajstić information content (AvgIpc) is 2.83. The number of carbonyl (C=O) groups is 1. The number of amides is 1. The molecule has 1 fully saturated rings. The first kappa shape index (κ1) is 20.3. The number of aryl methyl sites for hydroxylation is 2. The van der Waals surface area contributed by atoms with Crippen molar-refractivity contribution in [3.8, 4) is 0 Å². The smallest absolute Gasteiger partial charge is 0.255 e. The Balaban J connectivity index is 1.80. The molecule has 0 saturated carbocycles. The van der Waals surface area contributed by atoms with Crippen molar-refractivity contribution in [3.05, 3.63) is 44.7 Å². The van der Waals surface area contributed by atoms with Crippen LogP contribution in [0.3, 0.4) is 0 Å². The molecular formula is C17H19BrClN3O4S. The highest BCUT2D eigenvalue weighted by Gasteiger charge is 2.33. The third kappa shape index (κ3) is 4.06. The molecule has 3 rings (SSSR count). The van der Waals surface area contributed by atoms with Gasteiger partial charge in [0, 0.05) is 30.7 Å². The monoisotopic (exact) mass is 475 g/mol. The van der Waals surface area contributed by atoms with Crippen molar-refractivity contribution in [2.75, 3.05) is 26.2 Å². The quantitative estimate of drug-likeness (QED) is 0.679. The second kappa shape index (κ2) is 7.90. The van der Waals surface area contributed by atoms with Crippen molar-refractivity contribution in [3.63, 3.8) is 0 Å². The zero-order chi connectivity index (χ0) is 19.8. The Morgan fingerprint density at radius 2 is 1.96 bits per heavy atom. The molecule has 1 saturated heterocycles. The summed E-state index contributed by atoms with van der Waals surface area (Å²) in [4.78, 5) is 14.6. The van der Waals surface area contributed by atoms with Crippen LogP contribution in [0.4, 0.5) is 0 Å². The van der Waals surface area contributed by atoms with E-state index in [-0.39, 0.29) is 29.7 Å². The zero-order valence-electron chi connectivity index (χ0n) is 14.9. The predicted molar refractivity (Wildman–Crippen MR) is 104 cm³/mol. The Morgan fingerprint density at radius 1 is 1.22 bits per heavy atom. The van der Waals surface area contributed by atoms with Gasteiger partial charge in [-0.2, -0.15) is 4.31 Å². The first-order valence-electron chi connectivity index (χ1n) is 8.39. The fourth-order valence-corrected chi connectivity index (χ4v) is 5.46. The number of nitrogens with zero attached hydrogens (tertiary/aromatic N) is 3.